The molecule has 0 saturated heterocycles. The first-order chi connectivity index (χ1) is 29.0. The van der Waals surface area contributed by atoms with E-state index in [1.165, 1.54) is 117 Å². The normalized spacial score (nSPS) is 16.7. The highest BCUT2D eigenvalue weighted by Gasteiger charge is 2.52. The van der Waals surface area contributed by atoms with Crippen LogP contribution < -0.4 is 4.90 Å². The first-order valence-electron chi connectivity index (χ1n) is 21.8. The molecule has 8 aromatic carbocycles. The Labute approximate surface area is 354 Å². The largest absolute Gasteiger partial charge is 0.309 e. The van der Waals surface area contributed by atoms with Gasteiger partial charge in [-0.05, 0) is 137 Å². The summed E-state index contributed by atoms with van der Waals surface area (Å²) in [5.74, 6) is 0. The molecule has 0 saturated carbocycles. The van der Waals surface area contributed by atoms with Gasteiger partial charge in [0.15, 0.2) is 0 Å². The molecule has 60 heavy (non-hydrogen) atoms. The van der Waals surface area contributed by atoms with Crippen LogP contribution in [0.2, 0.25) is 0 Å². The number of hydrogen-bond acceptors (Lipinski definition) is 1. The third-order valence-corrected chi connectivity index (χ3v) is 14.9. The number of rotatable bonds is 4. The fourth-order valence-corrected chi connectivity index (χ4v) is 11.6. The molecular formula is C59H49N. The maximum Gasteiger partial charge on any atom is 0.0544 e. The quantitative estimate of drug-likeness (QED) is 0.172. The summed E-state index contributed by atoms with van der Waals surface area (Å²) in [5, 5.41) is 2.64. The minimum atomic E-state index is -0.244. The van der Waals surface area contributed by atoms with Gasteiger partial charge in [-0.3, -0.25) is 0 Å². The predicted octanol–water partition coefficient (Wildman–Crippen LogP) is 15.9. The van der Waals surface area contributed by atoms with E-state index in [1.807, 2.05) is 0 Å². The third-order valence-electron chi connectivity index (χ3n) is 14.9. The van der Waals surface area contributed by atoms with Gasteiger partial charge in [0.05, 0.1) is 17.1 Å². The molecule has 290 valence electrons. The predicted molar refractivity (Wildman–Crippen MR) is 254 cm³/mol. The first-order valence-corrected chi connectivity index (χ1v) is 21.8. The van der Waals surface area contributed by atoms with Gasteiger partial charge in [-0.25, -0.2) is 0 Å². The Morgan fingerprint density at radius 1 is 0.383 bits per heavy atom. The van der Waals surface area contributed by atoms with Gasteiger partial charge in [-0.15, -0.1) is 0 Å². The van der Waals surface area contributed by atoms with Gasteiger partial charge in [0, 0.05) is 16.2 Å². The van der Waals surface area contributed by atoms with Gasteiger partial charge in [0.1, 0.15) is 0 Å². The second kappa shape index (κ2) is 12.3. The Morgan fingerprint density at radius 2 is 0.800 bits per heavy atom. The second-order valence-electron chi connectivity index (χ2n) is 19.2. The number of anilines is 3. The van der Waals surface area contributed by atoms with Crippen LogP contribution in [0.5, 0.6) is 0 Å². The van der Waals surface area contributed by atoms with Crippen molar-refractivity contribution in [1.29, 1.82) is 0 Å². The average Bonchev–Trinajstić information content (AvgIpc) is 3.27. The van der Waals surface area contributed by atoms with E-state index >= 15 is 0 Å². The molecule has 4 aliphatic rings. The van der Waals surface area contributed by atoms with E-state index in [2.05, 4.69) is 210 Å². The molecule has 1 aliphatic carbocycles. The molecule has 0 N–H and O–H groups in total. The lowest BCUT2D eigenvalue weighted by molar-refractivity contribution is 0.567. The van der Waals surface area contributed by atoms with E-state index < -0.39 is 0 Å². The monoisotopic (exact) mass is 771 g/mol. The van der Waals surface area contributed by atoms with Crippen LogP contribution in [0.15, 0.2) is 158 Å². The minimum absolute atomic E-state index is 0.165. The van der Waals surface area contributed by atoms with Crippen molar-refractivity contribution in [2.75, 3.05) is 4.90 Å². The van der Waals surface area contributed by atoms with Crippen molar-refractivity contribution < 1.29 is 0 Å². The first kappa shape index (κ1) is 35.5. The van der Waals surface area contributed by atoms with E-state index in [1.54, 1.807) is 0 Å². The molecule has 0 bridgehead atoms. The third kappa shape index (κ3) is 4.69. The fourth-order valence-electron chi connectivity index (χ4n) is 11.6. The lowest BCUT2D eigenvalue weighted by atomic mass is 9.60. The van der Waals surface area contributed by atoms with Crippen molar-refractivity contribution >= 4 is 33.9 Å². The smallest absolute Gasteiger partial charge is 0.0544 e. The van der Waals surface area contributed by atoms with E-state index in [9.17, 15) is 0 Å². The van der Waals surface area contributed by atoms with Gasteiger partial charge in [-0.1, -0.05) is 181 Å². The van der Waals surface area contributed by atoms with E-state index in [0.717, 1.165) is 12.8 Å². The Bertz CT molecular complexity index is 3140. The second-order valence-corrected chi connectivity index (χ2v) is 19.2. The van der Waals surface area contributed by atoms with Crippen LogP contribution in [0.25, 0.3) is 61.4 Å². The van der Waals surface area contributed by atoms with Crippen molar-refractivity contribution in [1.82, 2.24) is 0 Å². The lowest BCUT2D eigenvalue weighted by Crippen LogP contribution is -2.43. The molecule has 12 rings (SSSR count). The summed E-state index contributed by atoms with van der Waals surface area (Å²) in [4.78, 5) is 2.68. The maximum absolute atomic E-state index is 2.68. The zero-order valence-corrected chi connectivity index (χ0v) is 35.4. The number of hydrogen-bond donors (Lipinski definition) is 0. The Hall–Kier alpha value is -6.44. The van der Waals surface area contributed by atoms with Crippen LogP contribution in [0.1, 0.15) is 92.5 Å². The van der Waals surface area contributed by atoms with Crippen LogP contribution in [0.4, 0.5) is 17.1 Å². The summed E-state index contributed by atoms with van der Waals surface area (Å²) in [7, 11) is 0. The van der Waals surface area contributed by atoms with Crippen molar-refractivity contribution in [2.45, 2.75) is 70.6 Å². The van der Waals surface area contributed by atoms with Crippen LogP contribution >= 0.6 is 0 Å². The lowest BCUT2D eigenvalue weighted by Gasteiger charge is -2.55. The molecule has 1 nitrogen and oxygen atoms in total. The standard InChI is InChI=1S/C59H49N/c1-57(2)46-26-17-27-47-54(46)60-55-48(57)32-40(36-18-9-7-10-19-36)33-50(55)59(5,6)51-35-41(34-49(56(51)60)58(47,3)4)37-28-30-39(31-29-37)53-44-24-15-13-22-42(44)52(38-20-11-8-12-21-38)43-23-14-16-25-45(43)53/h7-13,15-22,24-35H,14,23H2,1-6H3. The number of allylic oxidation sites excluding steroid dienone is 1. The van der Waals surface area contributed by atoms with Gasteiger partial charge in [0.25, 0.3) is 0 Å². The molecule has 0 aromatic heterocycles. The van der Waals surface area contributed by atoms with Crippen LogP contribution in [0, 0.1) is 0 Å². The number of para-hydroxylation sites is 1. The van der Waals surface area contributed by atoms with Crippen molar-refractivity contribution in [2.24, 2.45) is 0 Å². The highest BCUT2D eigenvalue weighted by atomic mass is 15.2. The number of fused-ring (bicyclic) bond motifs is 2. The van der Waals surface area contributed by atoms with Crippen molar-refractivity contribution in [3.63, 3.8) is 0 Å². The van der Waals surface area contributed by atoms with E-state index in [4.69, 9.17) is 0 Å². The highest BCUT2D eigenvalue weighted by Crippen LogP contribution is 2.67. The molecule has 1 heteroatoms. The molecule has 3 aliphatic heterocycles. The van der Waals surface area contributed by atoms with E-state index in [-0.39, 0.29) is 16.2 Å². The van der Waals surface area contributed by atoms with Crippen LogP contribution in [-0.4, -0.2) is 0 Å². The van der Waals surface area contributed by atoms with E-state index in [0.29, 0.717) is 0 Å². The summed E-state index contributed by atoms with van der Waals surface area (Å²) < 4.78 is 0. The van der Waals surface area contributed by atoms with Crippen molar-refractivity contribution in [3.8, 4) is 44.5 Å². The van der Waals surface area contributed by atoms with Gasteiger partial charge in [0.2, 0.25) is 0 Å². The Morgan fingerprint density at radius 3 is 1.35 bits per heavy atom. The van der Waals surface area contributed by atoms with Gasteiger partial charge in [-0.2, -0.15) is 0 Å². The molecule has 0 radical (unpaired) electrons. The Kier molecular flexibility index (Phi) is 7.28. The maximum atomic E-state index is 2.68. The summed E-state index contributed by atoms with van der Waals surface area (Å²) in [5.41, 5.74) is 25.2. The molecule has 0 atom stereocenters. The average molecular weight is 772 g/mol. The van der Waals surface area contributed by atoms with Gasteiger partial charge < -0.3 is 4.90 Å². The summed E-state index contributed by atoms with van der Waals surface area (Å²) in [6.07, 6.45) is 6.86. The SMILES string of the molecule is CC1(C)c2cccc3c2N2c4c1cc(-c1ccccc1)cc4C(C)(C)c1cc(-c4ccc(-c5c6c(c(-c7ccccc7)c7ccccc57)CCC=C6)cc4)cc(c12)C3(C)C. The zero-order valence-electron chi connectivity index (χ0n) is 35.4. The fraction of sp³-hybridized carbons (Fsp3) is 0.186. The summed E-state index contributed by atoms with van der Waals surface area (Å²) >= 11 is 0. The summed E-state index contributed by atoms with van der Waals surface area (Å²) in [6.45, 7) is 14.7. The molecule has 0 fully saturated rings. The number of nitrogens with zero attached hydrogens (tertiary/aromatic N) is 1. The molecular weight excluding hydrogens is 723 g/mol. The number of benzene rings is 8. The highest BCUT2D eigenvalue weighted by molar-refractivity contribution is 6.10. The summed E-state index contributed by atoms with van der Waals surface area (Å²) in [6, 6.07) is 57.7. The molecule has 3 heterocycles. The molecule has 8 aromatic rings. The van der Waals surface area contributed by atoms with Gasteiger partial charge >= 0.3 is 0 Å². The van der Waals surface area contributed by atoms with Crippen molar-refractivity contribution in [3.05, 3.63) is 202 Å². The molecule has 0 unspecified atom stereocenters. The topological polar surface area (TPSA) is 3.24 Å². The Balaban J connectivity index is 1.06. The minimum Gasteiger partial charge on any atom is -0.309 e. The van der Waals surface area contributed by atoms with Crippen LogP contribution in [0.3, 0.4) is 0 Å². The molecule has 0 spiro atoms. The molecule has 0 amide bonds. The zero-order chi connectivity index (χ0) is 40.7. The van der Waals surface area contributed by atoms with Crippen LogP contribution in [-0.2, 0) is 22.7 Å².